The molecule has 1 amide bonds. The molecule has 19 heavy (non-hydrogen) atoms. The van der Waals surface area contributed by atoms with Crippen molar-refractivity contribution in [1.29, 1.82) is 0 Å². The van der Waals surface area contributed by atoms with Crippen LogP contribution in [-0.2, 0) is 17.8 Å². The zero-order valence-electron chi connectivity index (χ0n) is 10.4. The van der Waals surface area contributed by atoms with Gasteiger partial charge in [-0.1, -0.05) is 24.3 Å². The number of anilines is 1. The SMILES string of the molecule is Nc1n[nH]c(CNC(=O)C2CCc3ccccc32)n1. The smallest absolute Gasteiger partial charge is 0.239 e. The van der Waals surface area contributed by atoms with Gasteiger partial charge >= 0.3 is 0 Å². The van der Waals surface area contributed by atoms with Crippen LogP contribution in [0.1, 0.15) is 29.3 Å². The first kappa shape index (κ1) is 11.7. The fraction of sp³-hybridized carbons (Fsp3) is 0.308. The molecule has 1 atom stereocenters. The number of aromatic nitrogens is 3. The number of fused-ring (bicyclic) bond motifs is 1. The molecule has 98 valence electrons. The van der Waals surface area contributed by atoms with Crippen molar-refractivity contribution in [3.8, 4) is 0 Å². The minimum absolute atomic E-state index is 0.0277. The Bertz CT molecular complexity index is 607. The number of nitrogens with two attached hydrogens (primary N) is 1. The van der Waals surface area contributed by atoms with E-state index in [4.69, 9.17) is 5.73 Å². The second-order valence-electron chi connectivity index (χ2n) is 4.65. The molecule has 0 spiro atoms. The lowest BCUT2D eigenvalue weighted by molar-refractivity contribution is -0.122. The highest BCUT2D eigenvalue weighted by atomic mass is 16.1. The highest BCUT2D eigenvalue weighted by Crippen LogP contribution is 2.32. The van der Waals surface area contributed by atoms with Crippen molar-refractivity contribution in [3.63, 3.8) is 0 Å². The second-order valence-corrected chi connectivity index (χ2v) is 4.65. The molecule has 1 heterocycles. The van der Waals surface area contributed by atoms with E-state index in [1.165, 1.54) is 5.56 Å². The van der Waals surface area contributed by atoms with E-state index < -0.39 is 0 Å². The van der Waals surface area contributed by atoms with Gasteiger partial charge < -0.3 is 11.1 Å². The Hall–Kier alpha value is -2.37. The Labute approximate surface area is 110 Å². The van der Waals surface area contributed by atoms with Crippen LogP contribution in [0, 0.1) is 0 Å². The minimum Gasteiger partial charge on any atom is -0.367 e. The minimum atomic E-state index is -0.0588. The summed E-state index contributed by atoms with van der Waals surface area (Å²) in [5.74, 6) is 0.726. The van der Waals surface area contributed by atoms with Crippen molar-refractivity contribution >= 4 is 11.9 Å². The number of benzene rings is 1. The lowest BCUT2D eigenvalue weighted by Crippen LogP contribution is -2.28. The van der Waals surface area contributed by atoms with Gasteiger partial charge in [-0.2, -0.15) is 4.98 Å². The van der Waals surface area contributed by atoms with Crippen LogP contribution in [0.2, 0.25) is 0 Å². The molecule has 0 radical (unpaired) electrons. The average Bonchev–Trinajstić information content (AvgIpc) is 3.02. The van der Waals surface area contributed by atoms with E-state index in [2.05, 4.69) is 26.6 Å². The van der Waals surface area contributed by atoms with Crippen molar-refractivity contribution in [2.75, 3.05) is 5.73 Å². The van der Waals surface area contributed by atoms with E-state index in [-0.39, 0.29) is 17.8 Å². The third-order valence-corrected chi connectivity index (χ3v) is 3.43. The van der Waals surface area contributed by atoms with Crippen molar-refractivity contribution in [3.05, 3.63) is 41.2 Å². The molecule has 2 aromatic rings. The number of nitrogen functional groups attached to an aromatic ring is 1. The van der Waals surface area contributed by atoms with E-state index in [9.17, 15) is 4.79 Å². The summed E-state index contributed by atoms with van der Waals surface area (Å²) in [6.45, 7) is 0.321. The third kappa shape index (κ3) is 2.29. The Balaban J connectivity index is 1.66. The van der Waals surface area contributed by atoms with Crippen LogP contribution < -0.4 is 11.1 Å². The number of nitrogens with zero attached hydrogens (tertiary/aromatic N) is 2. The molecule has 1 unspecified atom stereocenters. The summed E-state index contributed by atoms with van der Waals surface area (Å²) >= 11 is 0. The maximum Gasteiger partial charge on any atom is 0.239 e. The Morgan fingerprint density at radius 2 is 2.32 bits per heavy atom. The zero-order chi connectivity index (χ0) is 13.2. The summed E-state index contributed by atoms with van der Waals surface area (Å²) in [6, 6.07) is 8.09. The number of rotatable bonds is 3. The normalized spacial score (nSPS) is 17.2. The number of H-pyrrole nitrogens is 1. The monoisotopic (exact) mass is 257 g/mol. The molecule has 0 bridgehead atoms. The van der Waals surface area contributed by atoms with Crippen LogP contribution in [0.5, 0.6) is 0 Å². The fourth-order valence-electron chi connectivity index (χ4n) is 2.51. The van der Waals surface area contributed by atoms with Crippen molar-refractivity contribution in [2.45, 2.75) is 25.3 Å². The molecule has 0 saturated heterocycles. The van der Waals surface area contributed by atoms with Crippen molar-refractivity contribution < 1.29 is 4.79 Å². The van der Waals surface area contributed by atoms with Crippen LogP contribution in [0.25, 0.3) is 0 Å². The molecular formula is C13H15N5O. The summed E-state index contributed by atoms with van der Waals surface area (Å²) in [4.78, 5) is 16.1. The molecule has 6 heteroatoms. The van der Waals surface area contributed by atoms with E-state index >= 15 is 0 Å². The largest absolute Gasteiger partial charge is 0.367 e. The van der Waals surface area contributed by atoms with Gasteiger partial charge in [-0.15, -0.1) is 5.10 Å². The first-order chi connectivity index (χ1) is 9.24. The summed E-state index contributed by atoms with van der Waals surface area (Å²) < 4.78 is 0. The lowest BCUT2D eigenvalue weighted by atomic mass is 10.0. The third-order valence-electron chi connectivity index (χ3n) is 3.43. The number of hydrogen-bond donors (Lipinski definition) is 3. The zero-order valence-corrected chi connectivity index (χ0v) is 10.4. The molecule has 6 nitrogen and oxygen atoms in total. The fourth-order valence-corrected chi connectivity index (χ4v) is 2.51. The molecular weight excluding hydrogens is 242 g/mol. The van der Waals surface area contributed by atoms with Gasteiger partial charge in [0, 0.05) is 0 Å². The molecule has 1 aromatic heterocycles. The number of aromatic amines is 1. The van der Waals surface area contributed by atoms with E-state index in [0.717, 1.165) is 18.4 Å². The lowest BCUT2D eigenvalue weighted by Gasteiger charge is -2.11. The van der Waals surface area contributed by atoms with Gasteiger partial charge in [-0.05, 0) is 24.0 Å². The molecule has 1 aliphatic carbocycles. The van der Waals surface area contributed by atoms with Gasteiger partial charge in [0.25, 0.3) is 0 Å². The maximum absolute atomic E-state index is 12.2. The predicted molar refractivity (Wildman–Crippen MR) is 70.1 cm³/mol. The summed E-state index contributed by atoms with van der Waals surface area (Å²) in [5.41, 5.74) is 7.81. The quantitative estimate of drug-likeness (QED) is 0.755. The molecule has 4 N–H and O–H groups in total. The second kappa shape index (κ2) is 4.72. The molecule has 1 aliphatic rings. The van der Waals surface area contributed by atoms with Crippen LogP contribution in [0.15, 0.2) is 24.3 Å². The molecule has 1 aromatic carbocycles. The maximum atomic E-state index is 12.2. The molecule has 0 saturated carbocycles. The Morgan fingerprint density at radius 1 is 1.47 bits per heavy atom. The van der Waals surface area contributed by atoms with E-state index in [1.807, 2.05) is 18.2 Å². The van der Waals surface area contributed by atoms with Gasteiger partial charge in [0.15, 0.2) is 0 Å². The van der Waals surface area contributed by atoms with Gasteiger partial charge in [0.2, 0.25) is 11.9 Å². The van der Waals surface area contributed by atoms with Crippen LogP contribution in [0.4, 0.5) is 5.95 Å². The van der Waals surface area contributed by atoms with Gasteiger partial charge in [-0.3, -0.25) is 9.89 Å². The van der Waals surface area contributed by atoms with Gasteiger partial charge in [0.05, 0.1) is 12.5 Å². The van der Waals surface area contributed by atoms with Crippen molar-refractivity contribution in [2.24, 2.45) is 0 Å². The van der Waals surface area contributed by atoms with Crippen LogP contribution in [0.3, 0.4) is 0 Å². The topological polar surface area (TPSA) is 96.7 Å². The van der Waals surface area contributed by atoms with Gasteiger partial charge in [0.1, 0.15) is 5.82 Å². The van der Waals surface area contributed by atoms with Crippen LogP contribution >= 0.6 is 0 Å². The first-order valence-electron chi connectivity index (χ1n) is 6.26. The number of carbonyl (C=O) groups excluding carboxylic acids is 1. The number of amides is 1. The highest BCUT2D eigenvalue weighted by Gasteiger charge is 2.27. The van der Waals surface area contributed by atoms with Crippen LogP contribution in [-0.4, -0.2) is 21.1 Å². The highest BCUT2D eigenvalue weighted by molar-refractivity contribution is 5.84. The summed E-state index contributed by atoms with van der Waals surface area (Å²) in [6.07, 6.45) is 1.83. The Morgan fingerprint density at radius 3 is 3.11 bits per heavy atom. The number of hydrogen-bond acceptors (Lipinski definition) is 4. The predicted octanol–water partition coefficient (Wildman–Crippen LogP) is 0.733. The number of carbonyl (C=O) groups is 1. The molecule has 0 fully saturated rings. The number of aryl methyl sites for hydroxylation is 1. The average molecular weight is 257 g/mol. The summed E-state index contributed by atoms with van der Waals surface area (Å²) in [7, 11) is 0. The summed E-state index contributed by atoms with van der Waals surface area (Å²) in [5, 5.41) is 9.25. The first-order valence-corrected chi connectivity index (χ1v) is 6.26. The van der Waals surface area contributed by atoms with Gasteiger partial charge in [-0.25, -0.2) is 0 Å². The molecule has 0 aliphatic heterocycles. The molecule has 3 rings (SSSR count). The standard InChI is InChI=1S/C13H15N5O/c14-13-16-11(17-18-13)7-15-12(19)10-6-5-8-3-1-2-4-9(8)10/h1-4,10H,5-7H2,(H,15,19)(H3,14,16,17,18). The van der Waals surface area contributed by atoms with E-state index in [0.29, 0.717) is 12.4 Å². The number of nitrogens with one attached hydrogen (secondary N) is 2. The van der Waals surface area contributed by atoms with E-state index in [1.54, 1.807) is 0 Å². The Kier molecular flexibility index (Phi) is 2.91. The van der Waals surface area contributed by atoms with Crippen molar-refractivity contribution in [1.82, 2.24) is 20.5 Å².